The van der Waals surface area contributed by atoms with Gasteiger partial charge < -0.3 is 20.3 Å². The molecule has 0 spiro atoms. The maximum absolute atomic E-state index is 13.0. The Balaban J connectivity index is 2.07. The van der Waals surface area contributed by atoms with Crippen molar-refractivity contribution in [3.63, 3.8) is 0 Å². The number of anilines is 1. The lowest BCUT2D eigenvalue weighted by Gasteiger charge is -2.06. The summed E-state index contributed by atoms with van der Waals surface area (Å²) in [5.74, 6) is 0.0230. The fraction of sp³-hybridized carbons (Fsp3) is 0.333. The summed E-state index contributed by atoms with van der Waals surface area (Å²) in [7, 11) is -4.17. The molecular weight excluding hydrogens is 278 g/mol. The van der Waals surface area contributed by atoms with Crippen molar-refractivity contribution < 1.29 is 23.5 Å². The summed E-state index contributed by atoms with van der Waals surface area (Å²) in [6.07, 6.45) is -1.29. The molecule has 0 amide bonds. The molecule has 4 N–H and O–H groups in total. The van der Waals surface area contributed by atoms with E-state index >= 15 is 0 Å². The second-order valence-corrected chi connectivity index (χ2v) is 5.43. The zero-order valence-corrected chi connectivity index (χ0v) is 10.6. The highest BCUT2D eigenvalue weighted by Gasteiger charge is 2.13. The number of aromatic nitrogens is 3. The van der Waals surface area contributed by atoms with E-state index in [9.17, 15) is 8.96 Å². The van der Waals surface area contributed by atoms with Crippen LogP contribution in [0.2, 0.25) is 0 Å². The lowest BCUT2D eigenvalue weighted by atomic mass is 10.3. The standard InChI is InChI=1S/C9H12FN4O4P/c10-9-12-8(11)7-2-1-6(14(7)13-9)3-4-18-5-19(15,16)17/h1-2H,3-5H2,(H2,11,12,13)(H2,15,16,17). The summed E-state index contributed by atoms with van der Waals surface area (Å²) in [4.78, 5) is 20.6. The molecule has 2 aromatic heterocycles. The molecule has 0 aromatic carbocycles. The predicted octanol–water partition coefficient (Wildman–Crippen LogP) is 0.145. The number of nitrogen functional groups attached to an aromatic ring is 1. The van der Waals surface area contributed by atoms with Crippen LogP contribution in [0.15, 0.2) is 12.1 Å². The fourth-order valence-corrected chi connectivity index (χ4v) is 1.96. The Morgan fingerprint density at radius 3 is 2.89 bits per heavy atom. The van der Waals surface area contributed by atoms with Gasteiger partial charge in [-0.15, -0.1) is 5.10 Å². The molecule has 2 heterocycles. The van der Waals surface area contributed by atoms with E-state index in [1.807, 2.05) is 0 Å². The van der Waals surface area contributed by atoms with E-state index < -0.39 is 20.0 Å². The van der Waals surface area contributed by atoms with Crippen LogP contribution < -0.4 is 5.73 Å². The van der Waals surface area contributed by atoms with Gasteiger partial charge in [-0.2, -0.15) is 9.37 Å². The van der Waals surface area contributed by atoms with E-state index in [4.69, 9.17) is 20.3 Å². The zero-order chi connectivity index (χ0) is 14.0. The maximum atomic E-state index is 13.0. The number of hydrogen-bond donors (Lipinski definition) is 3. The van der Waals surface area contributed by atoms with Crippen LogP contribution in [0.25, 0.3) is 5.52 Å². The third-order valence-corrected chi connectivity index (χ3v) is 2.87. The van der Waals surface area contributed by atoms with Crippen LogP contribution in [0.5, 0.6) is 0 Å². The van der Waals surface area contributed by atoms with Crippen LogP contribution >= 0.6 is 7.60 Å². The predicted molar refractivity (Wildman–Crippen MR) is 63.9 cm³/mol. The highest BCUT2D eigenvalue weighted by atomic mass is 31.2. The zero-order valence-electron chi connectivity index (χ0n) is 9.73. The van der Waals surface area contributed by atoms with E-state index in [1.165, 1.54) is 4.52 Å². The van der Waals surface area contributed by atoms with Crippen LogP contribution in [-0.2, 0) is 15.7 Å². The van der Waals surface area contributed by atoms with Crippen molar-refractivity contribution in [1.82, 2.24) is 14.6 Å². The average molecular weight is 290 g/mol. The Bertz CT molecular complexity index is 640. The molecule has 2 aromatic rings. The average Bonchev–Trinajstić information content (AvgIpc) is 2.66. The van der Waals surface area contributed by atoms with Crippen molar-refractivity contribution in [2.75, 3.05) is 18.7 Å². The summed E-state index contributed by atoms with van der Waals surface area (Å²) in [5, 5.41) is 3.57. The first kappa shape index (κ1) is 13.9. The Morgan fingerprint density at radius 1 is 1.47 bits per heavy atom. The number of nitrogens with zero attached hydrogens (tertiary/aromatic N) is 3. The molecule has 10 heteroatoms. The summed E-state index contributed by atoms with van der Waals surface area (Å²) in [5.41, 5.74) is 6.61. The fourth-order valence-electron chi connectivity index (χ4n) is 1.59. The molecule has 0 aliphatic heterocycles. The Labute approximate surface area is 107 Å². The SMILES string of the molecule is Nc1nc(F)nn2c(CCOCP(=O)(O)O)ccc12. The van der Waals surface area contributed by atoms with Gasteiger partial charge in [0, 0.05) is 12.1 Å². The Morgan fingerprint density at radius 2 is 2.21 bits per heavy atom. The molecule has 19 heavy (non-hydrogen) atoms. The van der Waals surface area contributed by atoms with Gasteiger partial charge in [0.05, 0.1) is 6.61 Å². The van der Waals surface area contributed by atoms with Crippen molar-refractivity contribution >= 4 is 18.9 Å². The van der Waals surface area contributed by atoms with Gasteiger partial charge in [-0.1, -0.05) is 0 Å². The lowest BCUT2D eigenvalue weighted by molar-refractivity contribution is 0.159. The van der Waals surface area contributed by atoms with Crippen LogP contribution in [0.4, 0.5) is 10.2 Å². The number of fused-ring (bicyclic) bond motifs is 1. The molecule has 104 valence electrons. The second kappa shape index (κ2) is 5.22. The monoisotopic (exact) mass is 290 g/mol. The van der Waals surface area contributed by atoms with E-state index in [2.05, 4.69) is 10.1 Å². The van der Waals surface area contributed by atoms with E-state index in [-0.39, 0.29) is 12.4 Å². The summed E-state index contributed by atoms with van der Waals surface area (Å²) in [6, 6.07) is 3.30. The molecular formula is C9H12FN4O4P. The van der Waals surface area contributed by atoms with Gasteiger partial charge in [0.25, 0.3) is 0 Å². The highest BCUT2D eigenvalue weighted by molar-refractivity contribution is 7.51. The van der Waals surface area contributed by atoms with Crippen molar-refractivity contribution in [3.8, 4) is 0 Å². The van der Waals surface area contributed by atoms with Crippen LogP contribution in [0, 0.1) is 6.08 Å². The van der Waals surface area contributed by atoms with E-state index in [0.717, 1.165) is 0 Å². The quantitative estimate of drug-likeness (QED) is 0.528. The minimum Gasteiger partial charge on any atom is -0.382 e. The number of nitrogens with two attached hydrogens (primary N) is 1. The normalized spacial score (nSPS) is 12.2. The van der Waals surface area contributed by atoms with Gasteiger partial charge >= 0.3 is 13.7 Å². The minimum atomic E-state index is -4.17. The summed E-state index contributed by atoms with van der Waals surface area (Å²) >= 11 is 0. The highest BCUT2D eigenvalue weighted by Crippen LogP contribution is 2.33. The molecule has 2 rings (SSSR count). The third-order valence-electron chi connectivity index (χ3n) is 2.35. The molecule has 0 radical (unpaired) electrons. The molecule has 0 atom stereocenters. The first-order valence-corrected chi connectivity index (χ1v) is 7.08. The lowest BCUT2D eigenvalue weighted by Crippen LogP contribution is -2.08. The number of ether oxygens (including phenoxy) is 1. The van der Waals surface area contributed by atoms with Gasteiger partial charge in [0.1, 0.15) is 11.9 Å². The molecule has 8 nitrogen and oxygen atoms in total. The third kappa shape index (κ3) is 3.48. The molecule has 0 saturated carbocycles. The van der Waals surface area contributed by atoms with Gasteiger partial charge in [-0.25, -0.2) is 4.52 Å². The van der Waals surface area contributed by atoms with E-state index in [1.54, 1.807) is 12.1 Å². The largest absolute Gasteiger partial charge is 0.382 e. The van der Waals surface area contributed by atoms with Gasteiger partial charge in [-0.3, -0.25) is 4.57 Å². The van der Waals surface area contributed by atoms with Crippen molar-refractivity contribution in [3.05, 3.63) is 23.9 Å². The summed E-state index contributed by atoms with van der Waals surface area (Å²) in [6.45, 7) is 0.0722. The van der Waals surface area contributed by atoms with Crippen molar-refractivity contribution in [1.29, 1.82) is 0 Å². The smallest absolute Gasteiger partial charge is 0.350 e. The molecule has 0 aliphatic rings. The molecule has 0 fully saturated rings. The number of halogens is 1. The first-order valence-electron chi connectivity index (χ1n) is 5.29. The Hall–Kier alpha value is -1.54. The van der Waals surface area contributed by atoms with Crippen LogP contribution in [0.1, 0.15) is 5.69 Å². The second-order valence-electron chi connectivity index (χ2n) is 3.84. The van der Waals surface area contributed by atoms with Gasteiger partial charge in [0.15, 0.2) is 5.82 Å². The number of rotatable bonds is 5. The first-order chi connectivity index (χ1) is 8.87. The summed E-state index contributed by atoms with van der Waals surface area (Å²) < 4.78 is 29.7. The van der Waals surface area contributed by atoms with Crippen LogP contribution in [-0.4, -0.2) is 37.3 Å². The minimum absolute atomic E-state index is 0.0230. The number of hydrogen-bond acceptors (Lipinski definition) is 5. The topological polar surface area (TPSA) is 123 Å². The maximum Gasteiger partial charge on any atom is 0.350 e. The van der Waals surface area contributed by atoms with Crippen molar-refractivity contribution in [2.24, 2.45) is 0 Å². The van der Waals surface area contributed by atoms with Gasteiger partial charge in [-0.05, 0) is 12.1 Å². The Kier molecular flexibility index (Phi) is 3.81. The molecule has 0 unspecified atom stereocenters. The molecule has 0 saturated heterocycles. The van der Waals surface area contributed by atoms with Crippen LogP contribution in [0.3, 0.4) is 0 Å². The van der Waals surface area contributed by atoms with Crippen molar-refractivity contribution in [2.45, 2.75) is 6.42 Å². The molecule has 0 bridgehead atoms. The van der Waals surface area contributed by atoms with Gasteiger partial charge in [0.2, 0.25) is 0 Å². The molecule has 0 aliphatic carbocycles. The van der Waals surface area contributed by atoms with E-state index in [0.29, 0.717) is 17.6 Å².